The zero-order valence-corrected chi connectivity index (χ0v) is 23.5. The molecule has 0 saturated carbocycles. The molecule has 0 bridgehead atoms. The summed E-state index contributed by atoms with van der Waals surface area (Å²) in [5.74, 6) is 1.56. The average Bonchev–Trinajstić information content (AvgIpc) is 2.97. The summed E-state index contributed by atoms with van der Waals surface area (Å²) in [6, 6.07) is 9.12. The van der Waals surface area contributed by atoms with Gasteiger partial charge in [0.25, 0.3) is 5.69 Å². The molecule has 12 nitrogen and oxygen atoms in total. The first-order chi connectivity index (χ1) is 19.3. The van der Waals surface area contributed by atoms with E-state index in [2.05, 4.69) is 32.3 Å². The van der Waals surface area contributed by atoms with Gasteiger partial charge < -0.3 is 23.9 Å². The minimum Gasteiger partial charge on any atom is -0.499 e. The SMILES string of the molecule is CCN(CCCC=O)c1ccc(N=NC2CC(OC)=C(N=Nc3ccc([N+](=O)[O-])cc3Cl)C=C2OC)c(OC)c1. The number of benzene rings is 2. The van der Waals surface area contributed by atoms with E-state index < -0.39 is 11.0 Å². The van der Waals surface area contributed by atoms with Crippen LogP contribution in [0.1, 0.15) is 26.2 Å². The number of ether oxygens (including phenoxy) is 3. The molecule has 0 radical (unpaired) electrons. The second-order valence-corrected chi connectivity index (χ2v) is 8.94. The van der Waals surface area contributed by atoms with Crippen LogP contribution in [0, 0.1) is 10.1 Å². The number of aldehydes is 1. The summed E-state index contributed by atoms with van der Waals surface area (Å²) in [5, 5.41) is 28.3. The standard InChI is InChI=1S/C27H31ClN6O6/c1-5-33(12-6-7-13-35)18-8-11-22(25(15-18)38-2)30-32-24-17-26(39-3)23(16-27(24)40-4)31-29-21-10-9-19(34(36)37)14-20(21)28/h8-11,13-16,24H,5-7,12,17H2,1-4H3. The van der Waals surface area contributed by atoms with E-state index in [1.807, 2.05) is 18.2 Å². The molecular formula is C27H31ClN6O6. The predicted octanol–water partition coefficient (Wildman–Crippen LogP) is 7.09. The highest BCUT2D eigenvalue weighted by atomic mass is 35.5. The van der Waals surface area contributed by atoms with Crippen LogP contribution in [0.5, 0.6) is 5.75 Å². The Kier molecular flexibility index (Phi) is 11.1. The van der Waals surface area contributed by atoms with Gasteiger partial charge in [0.05, 0.1) is 31.3 Å². The Hall–Kier alpha value is -4.32. The lowest BCUT2D eigenvalue weighted by molar-refractivity contribution is -0.384. The monoisotopic (exact) mass is 570 g/mol. The summed E-state index contributed by atoms with van der Waals surface area (Å²) in [7, 11) is 4.61. The zero-order valence-electron chi connectivity index (χ0n) is 22.7. The van der Waals surface area contributed by atoms with Crippen LogP contribution in [0.2, 0.25) is 5.02 Å². The molecule has 0 saturated heterocycles. The predicted molar refractivity (Wildman–Crippen MR) is 151 cm³/mol. The van der Waals surface area contributed by atoms with Crippen molar-refractivity contribution in [3.8, 4) is 5.75 Å². The van der Waals surface area contributed by atoms with E-state index in [0.29, 0.717) is 41.5 Å². The zero-order chi connectivity index (χ0) is 29.1. The number of nitro groups is 1. The number of azo groups is 2. The number of allylic oxidation sites excluding steroid dienone is 1. The number of nitro benzene ring substituents is 1. The van der Waals surface area contributed by atoms with Gasteiger partial charge in [0.2, 0.25) is 0 Å². The fraction of sp³-hybridized carbons (Fsp3) is 0.370. The summed E-state index contributed by atoms with van der Waals surface area (Å²) >= 11 is 6.13. The number of anilines is 1. The van der Waals surface area contributed by atoms with Crippen molar-refractivity contribution in [3.05, 3.63) is 74.8 Å². The maximum Gasteiger partial charge on any atom is 0.271 e. The van der Waals surface area contributed by atoms with Crippen molar-refractivity contribution >= 4 is 40.6 Å². The number of halogens is 1. The highest BCUT2D eigenvalue weighted by Gasteiger charge is 2.26. The number of nitrogens with zero attached hydrogens (tertiary/aromatic N) is 6. The second kappa shape index (κ2) is 14.7. The molecule has 0 N–H and O–H groups in total. The summed E-state index contributed by atoms with van der Waals surface area (Å²) < 4.78 is 16.7. The molecule has 2 aromatic carbocycles. The Morgan fingerprint density at radius 1 is 1.07 bits per heavy atom. The van der Waals surface area contributed by atoms with E-state index in [4.69, 9.17) is 25.8 Å². The number of methoxy groups -OCH3 is 3. The number of non-ortho nitro benzene ring substituents is 1. The summed E-state index contributed by atoms with van der Waals surface area (Å²) in [5.41, 5.74) is 2.04. The normalized spacial score (nSPS) is 15.3. The molecule has 2 aromatic rings. The summed E-state index contributed by atoms with van der Waals surface area (Å²) in [6.07, 6.45) is 4.17. The maximum absolute atomic E-state index is 10.9. The van der Waals surface area contributed by atoms with Crippen LogP contribution in [-0.4, -0.2) is 51.7 Å². The van der Waals surface area contributed by atoms with E-state index in [1.165, 1.54) is 32.4 Å². The van der Waals surface area contributed by atoms with E-state index in [0.717, 1.165) is 31.5 Å². The van der Waals surface area contributed by atoms with Crippen LogP contribution in [-0.2, 0) is 14.3 Å². The van der Waals surface area contributed by atoms with Crippen molar-refractivity contribution in [2.75, 3.05) is 39.3 Å². The van der Waals surface area contributed by atoms with Crippen LogP contribution in [0.3, 0.4) is 0 Å². The summed E-state index contributed by atoms with van der Waals surface area (Å²) in [6.45, 7) is 3.60. The van der Waals surface area contributed by atoms with E-state index in [1.54, 1.807) is 13.2 Å². The Morgan fingerprint density at radius 3 is 2.48 bits per heavy atom. The van der Waals surface area contributed by atoms with Crippen molar-refractivity contribution in [2.24, 2.45) is 20.5 Å². The van der Waals surface area contributed by atoms with Crippen molar-refractivity contribution in [1.82, 2.24) is 0 Å². The summed E-state index contributed by atoms with van der Waals surface area (Å²) in [4.78, 5) is 23.2. The van der Waals surface area contributed by atoms with Crippen molar-refractivity contribution in [2.45, 2.75) is 32.2 Å². The van der Waals surface area contributed by atoms with Crippen LogP contribution in [0.25, 0.3) is 0 Å². The fourth-order valence-electron chi connectivity index (χ4n) is 3.97. The van der Waals surface area contributed by atoms with Gasteiger partial charge in [0.1, 0.15) is 46.7 Å². The molecule has 0 spiro atoms. The third-order valence-electron chi connectivity index (χ3n) is 6.13. The number of carbonyl (C=O) groups excluding carboxylic acids is 1. The molecule has 0 amide bonds. The smallest absolute Gasteiger partial charge is 0.271 e. The van der Waals surface area contributed by atoms with Crippen LogP contribution in [0.15, 0.2) is 80.1 Å². The molecule has 212 valence electrons. The molecule has 3 rings (SSSR count). The topological polar surface area (TPSA) is 141 Å². The molecule has 40 heavy (non-hydrogen) atoms. The van der Waals surface area contributed by atoms with Gasteiger partial charge in [-0.1, -0.05) is 11.6 Å². The lowest BCUT2D eigenvalue weighted by Gasteiger charge is -2.23. The number of rotatable bonds is 14. The lowest BCUT2D eigenvalue weighted by atomic mass is 10.0. The molecule has 1 aliphatic carbocycles. The highest BCUT2D eigenvalue weighted by molar-refractivity contribution is 6.33. The van der Waals surface area contributed by atoms with Crippen LogP contribution >= 0.6 is 11.6 Å². The maximum atomic E-state index is 10.9. The Balaban J connectivity index is 1.81. The molecule has 0 fully saturated rings. The Labute approximate surface area is 237 Å². The minimum absolute atomic E-state index is 0.0962. The van der Waals surface area contributed by atoms with Gasteiger partial charge in [-0.2, -0.15) is 10.2 Å². The first-order valence-corrected chi connectivity index (χ1v) is 12.9. The molecule has 13 heteroatoms. The quantitative estimate of drug-likeness (QED) is 0.0775. The lowest BCUT2D eigenvalue weighted by Crippen LogP contribution is -2.23. The van der Waals surface area contributed by atoms with E-state index >= 15 is 0 Å². The van der Waals surface area contributed by atoms with Gasteiger partial charge in [-0.05, 0) is 31.5 Å². The molecule has 0 aliphatic heterocycles. The number of carbonyl (C=O) groups is 1. The molecule has 1 unspecified atom stereocenters. The van der Waals surface area contributed by atoms with E-state index in [9.17, 15) is 14.9 Å². The van der Waals surface area contributed by atoms with Gasteiger partial charge in [-0.15, -0.1) is 10.2 Å². The number of hydrogen-bond donors (Lipinski definition) is 0. The molecular weight excluding hydrogens is 540 g/mol. The third-order valence-corrected chi connectivity index (χ3v) is 6.43. The first-order valence-electron chi connectivity index (χ1n) is 12.5. The van der Waals surface area contributed by atoms with Crippen molar-refractivity contribution in [1.29, 1.82) is 0 Å². The van der Waals surface area contributed by atoms with Crippen LogP contribution in [0.4, 0.5) is 22.7 Å². The van der Waals surface area contributed by atoms with Gasteiger partial charge >= 0.3 is 0 Å². The van der Waals surface area contributed by atoms with Crippen LogP contribution < -0.4 is 9.64 Å². The second-order valence-electron chi connectivity index (χ2n) is 8.54. The first kappa shape index (κ1) is 30.2. The fourth-order valence-corrected chi connectivity index (χ4v) is 4.18. The molecule has 0 aromatic heterocycles. The van der Waals surface area contributed by atoms with Gasteiger partial charge in [-0.25, -0.2) is 0 Å². The van der Waals surface area contributed by atoms with Gasteiger partial charge in [0.15, 0.2) is 0 Å². The van der Waals surface area contributed by atoms with Crippen molar-refractivity contribution < 1.29 is 23.9 Å². The van der Waals surface area contributed by atoms with Crippen molar-refractivity contribution in [3.63, 3.8) is 0 Å². The highest BCUT2D eigenvalue weighted by Crippen LogP contribution is 2.36. The number of unbranched alkanes of at least 4 members (excludes halogenated alkanes) is 1. The van der Waals surface area contributed by atoms with Gasteiger partial charge in [0, 0.05) is 55.9 Å². The molecule has 0 heterocycles. The molecule has 1 atom stereocenters. The molecule has 1 aliphatic rings. The average molecular weight is 571 g/mol. The Bertz CT molecular complexity index is 1340. The third kappa shape index (κ3) is 7.63. The minimum atomic E-state index is -0.538. The van der Waals surface area contributed by atoms with Gasteiger partial charge in [-0.3, -0.25) is 10.1 Å². The van der Waals surface area contributed by atoms with E-state index in [-0.39, 0.29) is 16.4 Å². The largest absolute Gasteiger partial charge is 0.499 e. The Morgan fingerprint density at radius 2 is 1.85 bits per heavy atom. The number of hydrogen-bond acceptors (Lipinski definition) is 11.